The minimum absolute atomic E-state index is 0.0193. The first-order chi connectivity index (χ1) is 23.5. The van der Waals surface area contributed by atoms with Crippen molar-refractivity contribution in [1.29, 1.82) is 0 Å². The van der Waals surface area contributed by atoms with Crippen LogP contribution in [-0.2, 0) is 54.0 Å². The van der Waals surface area contributed by atoms with Crippen molar-refractivity contribution < 1.29 is 47.3 Å². The number of nitrogens with zero attached hydrogens (tertiary/aromatic N) is 1. The predicted molar refractivity (Wildman–Crippen MR) is 201 cm³/mol. The first kappa shape index (κ1) is 44.9. The third kappa shape index (κ3) is 11.6. The molecule has 0 radical (unpaired) electrons. The van der Waals surface area contributed by atoms with Gasteiger partial charge in [0, 0.05) is 5.69 Å². The number of carbonyl (C=O) groups is 5. The van der Waals surface area contributed by atoms with Crippen LogP contribution in [-0.4, -0.2) is 80.6 Å². The van der Waals surface area contributed by atoms with E-state index in [9.17, 15) is 24.0 Å². The summed E-state index contributed by atoms with van der Waals surface area (Å²) in [5, 5.41) is 2.97. The Kier molecular flexibility index (Phi) is 14.5. The number of anilines is 1. The summed E-state index contributed by atoms with van der Waals surface area (Å²) < 4.78 is 30.5. The van der Waals surface area contributed by atoms with Crippen LogP contribution in [0.1, 0.15) is 102 Å². The maximum absolute atomic E-state index is 14.2. The van der Waals surface area contributed by atoms with Crippen LogP contribution < -0.4 is 5.32 Å². The molecule has 0 spiro atoms. The Morgan fingerprint density at radius 1 is 0.827 bits per heavy atom. The van der Waals surface area contributed by atoms with E-state index >= 15 is 0 Å². The molecule has 0 unspecified atom stereocenters. The molecule has 0 saturated carbocycles. The molecule has 2 amide bonds. The van der Waals surface area contributed by atoms with Crippen molar-refractivity contribution >= 4 is 44.2 Å². The highest BCUT2D eigenvalue weighted by Gasteiger charge is 2.53. The van der Waals surface area contributed by atoms with Gasteiger partial charge in [-0.3, -0.25) is 24.0 Å². The molecule has 2 rings (SSSR count). The zero-order valence-electron chi connectivity index (χ0n) is 34.3. The number of benzene rings is 1. The zero-order valence-corrected chi connectivity index (χ0v) is 35.3. The van der Waals surface area contributed by atoms with E-state index < -0.39 is 84.9 Å². The fourth-order valence-electron chi connectivity index (χ4n) is 4.81. The van der Waals surface area contributed by atoms with E-state index in [4.69, 9.17) is 23.4 Å². The average molecular weight is 749 g/mol. The minimum Gasteiger partial charge on any atom is -0.455 e. The van der Waals surface area contributed by atoms with Gasteiger partial charge < -0.3 is 33.6 Å². The fraction of sp³-hybridized carbons (Fsp3) is 0.718. The van der Waals surface area contributed by atoms with Crippen molar-refractivity contribution in [2.24, 2.45) is 22.2 Å². The third-order valence-electron chi connectivity index (χ3n) is 9.29. The average Bonchev–Trinajstić information content (AvgIpc) is 2.98. The van der Waals surface area contributed by atoms with Crippen molar-refractivity contribution in [2.45, 2.75) is 152 Å². The smallest absolute Gasteiger partial charge is 0.311 e. The Hall–Kier alpha value is -3.29. The third-order valence-corrected chi connectivity index (χ3v) is 13.8. The quantitative estimate of drug-likeness (QED) is 0.104. The standard InChI is InChI=1S/C39H64N2O10Si/c1-24(2)28(31(43)40-26-20-18-17-19-25(26)21-48-52(15,16)39(12,13)14)41(23-42)32-30(51-35(46)38(9,10)11)29(50-34(45)37(6,7)8)27(22-47-32)49-33(44)36(3,4)5/h17-20,23-24,27-30,32H,21-22H2,1-16H3,(H,40,43)/t27-,28-,29-,30+,32-/m1/s1. The summed E-state index contributed by atoms with van der Waals surface area (Å²) in [6.45, 7) is 29.2. The van der Waals surface area contributed by atoms with Gasteiger partial charge in [0.25, 0.3) is 0 Å². The number of esters is 3. The van der Waals surface area contributed by atoms with Gasteiger partial charge in [-0.05, 0) is 98.0 Å². The summed E-state index contributed by atoms with van der Waals surface area (Å²) in [6.07, 6.45) is -4.99. The Morgan fingerprint density at radius 3 is 1.77 bits per heavy atom. The molecule has 52 heavy (non-hydrogen) atoms. The molecule has 13 heteroatoms. The number of para-hydroxylation sites is 1. The van der Waals surface area contributed by atoms with Gasteiger partial charge in [0.15, 0.2) is 32.9 Å². The number of hydrogen-bond donors (Lipinski definition) is 1. The summed E-state index contributed by atoms with van der Waals surface area (Å²) in [7, 11) is -2.12. The number of carbonyl (C=O) groups excluding carboxylic acids is 5. The van der Waals surface area contributed by atoms with Crippen molar-refractivity contribution in [2.75, 3.05) is 11.9 Å². The van der Waals surface area contributed by atoms with Crippen molar-refractivity contribution in [3.05, 3.63) is 29.8 Å². The number of ether oxygens (including phenoxy) is 4. The number of hydrogen-bond acceptors (Lipinski definition) is 10. The zero-order chi connectivity index (χ0) is 40.2. The van der Waals surface area contributed by atoms with Gasteiger partial charge in [0.2, 0.25) is 12.3 Å². The molecular weight excluding hydrogens is 685 g/mol. The van der Waals surface area contributed by atoms with E-state index in [-0.39, 0.29) is 18.3 Å². The summed E-state index contributed by atoms with van der Waals surface area (Å²) in [6, 6.07) is 6.17. The molecule has 1 aromatic carbocycles. The van der Waals surface area contributed by atoms with Crippen LogP contribution >= 0.6 is 0 Å². The molecule has 1 heterocycles. The SMILES string of the molecule is CC(C)[C@H](C(=O)Nc1ccccc1CO[Si](C)(C)C(C)(C)C)N(C=O)[C@@H]1OC[C@@H](OC(=O)C(C)(C)C)[C@@H](OC(=O)C(C)(C)C)[C@@H]1OC(=O)C(C)(C)C. The predicted octanol–water partition coefficient (Wildman–Crippen LogP) is 6.86. The molecule has 0 aromatic heterocycles. The second kappa shape index (κ2) is 16.8. The van der Waals surface area contributed by atoms with Gasteiger partial charge in [-0.25, -0.2) is 0 Å². The van der Waals surface area contributed by atoms with Crippen LogP contribution in [0.15, 0.2) is 24.3 Å². The molecule has 1 fully saturated rings. The Bertz CT molecular complexity index is 1430. The molecule has 1 aliphatic rings. The molecule has 294 valence electrons. The lowest BCUT2D eigenvalue weighted by atomic mass is 9.93. The number of amides is 2. The maximum atomic E-state index is 14.2. The minimum atomic E-state index is -2.12. The van der Waals surface area contributed by atoms with Crippen LogP contribution in [0.4, 0.5) is 5.69 Å². The first-order valence-electron chi connectivity index (χ1n) is 18.0. The van der Waals surface area contributed by atoms with Crippen molar-refractivity contribution in [1.82, 2.24) is 4.90 Å². The summed E-state index contributed by atoms with van der Waals surface area (Å²) in [4.78, 5) is 68.5. The first-order valence-corrected chi connectivity index (χ1v) is 20.9. The highest BCUT2D eigenvalue weighted by molar-refractivity contribution is 6.74. The van der Waals surface area contributed by atoms with Gasteiger partial charge in [-0.2, -0.15) is 0 Å². The van der Waals surface area contributed by atoms with Crippen molar-refractivity contribution in [3.8, 4) is 0 Å². The van der Waals surface area contributed by atoms with Crippen LogP contribution in [0.2, 0.25) is 18.1 Å². The van der Waals surface area contributed by atoms with Crippen LogP contribution in [0, 0.1) is 22.2 Å². The van der Waals surface area contributed by atoms with Gasteiger partial charge >= 0.3 is 17.9 Å². The molecule has 5 atom stereocenters. The highest BCUT2D eigenvalue weighted by Crippen LogP contribution is 2.38. The van der Waals surface area contributed by atoms with Crippen molar-refractivity contribution in [3.63, 3.8) is 0 Å². The second-order valence-electron chi connectivity index (χ2n) is 18.6. The summed E-state index contributed by atoms with van der Waals surface area (Å²) >= 11 is 0. The number of nitrogens with one attached hydrogen (secondary N) is 1. The second-order valence-corrected chi connectivity index (χ2v) is 23.4. The number of rotatable bonds is 12. The fourth-order valence-corrected chi connectivity index (χ4v) is 5.76. The van der Waals surface area contributed by atoms with E-state index in [1.807, 2.05) is 12.1 Å². The molecule has 12 nitrogen and oxygen atoms in total. The Labute approximate surface area is 312 Å². The largest absolute Gasteiger partial charge is 0.455 e. The maximum Gasteiger partial charge on any atom is 0.311 e. The van der Waals surface area contributed by atoms with Gasteiger partial charge in [-0.15, -0.1) is 0 Å². The lowest BCUT2D eigenvalue weighted by Gasteiger charge is -2.47. The molecule has 1 saturated heterocycles. The van der Waals surface area contributed by atoms with Crippen LogP contribution in [0.3, 0.4) is 0 Å². The topological polar surface area (TPSA) is 147 Å². The Morgan fingerprint density at radius 2 is 1.31 bits per heavy atom. The monoisotopic (exact) mass is 748 g/mol. The van der Waals surface area contributed by atoms with Gasteiger partial charge in [0.1, 0.15) is 6.04 Å². The molecular formula is C39H64N2O10Si. The molecule has 1 aromatic rings. The van der Waals surface area contributed by atoms with Crippen LogP contribution in [0.25, 0.3) is 0 Å². The van der Waals surface area contributed by atoms with Crippen LogP contribution in [0.5, 0.6) is 0 Å². The molecule has 1 N–H and O–H groups in total. The van der Waals surface area contributed by atoms with E-state index in [0.717, 1.165) is 10.5 Å². The van der Waals surface area contributed by atoms with Gasteiger partial charge in [0.05, 0.1) is 29.5 Å². The van der Waals surface area contributed by atoms with E-state index in [1.54, 1.807) is 88.3 Å². The van der Waals surface area contributed by atoms with E-state index in [2.05, 4.69) is 39.2 Å². The molecule has 1 aliphatic heterocycles. The normalized spacial score (nSPS) is 20.8. The van der Waals surface area contributed by atoms with E-state index in [0.29, 0.717) is 12.1 Å². The highest BCUT2D eigenvalue weighted by atomic mass is 28.4. The molecule has 0 bridgehead atoms. The lowest BCUT2D eigenvalue weighted by Crippen LogP contribution is -2.66. The Balaban J connectivity index is 2.62. The van der Waals surface area contributed by atoms with Gasteiger partial charge in [-0.1, -0.05) is 52.8 Å². The summed E-state index contributed by atoms with van der Waals surface area (Å²) in [5.41, 5.74) is -1.64. The van der Waals surface area contributed by atoms with E-state index in [1.165, 1.54) is 0 Å². The lowest BCUT2D eigenvalue weighted by molar-refractivity contribution is -0.257. The summed E-state index contributed by atoms with van der Waals surface area (Å²) in [5.74, 6) is -2.91. The molecule has 0 aliphatic carbocycles.